The highest BCUT2D eigenvalue weighted by atomic mass is 16.6. The maximum atomic E-state index is 13.0. The predicted octanol–water partition coefficient (Wildman–Crippen LogP) is 2.71. The molecule has 0 saturated carbocycles. The Kier molecular flexibility index (Phi) is 7.04. The Balaban J connectivity index is 2.16. The molecule has 168 valence electrons. The van der Waals surface area contributed by atoms with Crippen LogP contribution in [-0.4, -0.2) is 55.0 Å². The summed E-state index contributed by atoms with van der Waals surface area (Å²) in [5, 5.41) is 11.6. The minimum absolute atomic E-state index is 0.0974. The van der Waals surface area contributed by atoms with Gasteiger partial charge in [0.1, 0.15) is 5.70 Å². The third kappa shape index (κ3) is 4.69. The van der Waals surface area contributed by atoms with Gasteiger partial charge in [-0.05, 0) is 37.5 Å². The lowest BCUT2D eigenvalue weighted by molar-refractivity contribution is -0.384. The maximum Gasteiger partial charge on any atom is 0.355 e. The zero-order valence-corrected chi connectivity index (χ0v) is 17.8. The van der Waals surface area contributed by atoms with Crippen LogP contribution in [0.25, 0.3) is 0 Å². The van der Waals surface area contributed by atoms with Crippen LogP contribution in [0.5, 0.6) is 0 Å². The van der Waals surface area contributed by atoms with Crippen molar-refractivity contribution in [2.45, 2.75) is 19.3 Å². The Morgan fingerprint density at radius 3 is 2.28 bits per heavy atom. The molecule has 0 unspecified atom stereocenters. The van der Waals surface area contributed by atoms with Crippen LogP contribution in [0.15, 0.2) is 53.9 Å². The number of carbonyl (C=O) groups excluding carboxylic acids is 3. The van der Waals surface area contributed by atoms with Gasteiger partial charge in [-0.3, -0.25) is 14.9 Å². The molecule has 10 heteroatoms. The summed E-state index contributed by atoms with van der Waals surface area (Å²) in [5.74, 6) is -1.97. The number of nitro groups is 1. The average Bonchev–Trinajstić information content (AvgIpc) is 3.06. The third-order valence-corrected chi connectivity index (χ3v) is 5.17. The van der Waals surface area contributed by atoms with E-state index in [2.05, 4.69) is 0 Å². The second-order valence-electron chi connectivity index (χ2n) is 7.16. The van der Waals surface area contributed by atoms with Crippen molar-refractivity contribution in [2.75, 3.05) is 32.2 Å². The Morgan fingerprint density at radius 1 is 0.969 bits per heavy atom. The second-order valence-corrected chi connectivity index (χ2v) is 7.16. The molecule has 0 aromatic heterocycles. The van der Waals surface area contributed by atoms with Crippen molar-refractivity contribution < 1.29 is 28.8 Å². The van der Waals surface area contributed by atoms with Crippen LogP contribution in [0.2, 0.25) is 0 Å². The summed E-state index contributed by atoms with van der Waals surface area (Å²) in [7, 11) is 2.32. The van der Waals surface area contributed by atoms with Crippen molar-refractivity contribution >= 4 is 29.2 Å². The highest BCUT2D eigenvalue weighted by molar-refractivity contribution is 6.06. The Bertz CT molecular complexity index is 1040. The number of ether oxygens (including phenoxy) is 2. The molecule has 0 N–H and O–H groups in total. The number of benzene rings is 1. The molecule has 2 aliphatic rings. The van der Waals surface area contributed by atoms with Crippen molar-refractivity contribution in [1.29, 1.82) is 0 Å². The van der Waals surface area contributed by atoms with Gasteiger partial charge in [0.15, 0.2) is 0 Å². The van der Waals surface area contributed by atoms with Gasteiger partial charge in [-0.15, -0.1) is 0 Å². The molecule has 1 aromatic carbocycles. The van der Waals surface area contributed by atoms with Gasteiger partial charge in [-0.25, -0.2) is 9.59 Å². The molecule has 0 bridgehead atoms. The highest BCUT2D eigenvalue weighted by Gasteiger charge is 2.29. The lowest BCUT2D eigenvalue weighted by atomic mass is 10.1. The summed E-state index contributed by atoms with van der Waals surface area (Å²) in [6.45, 7) is 1.15. The van der Waals surface area contributed by atoms with E-state index in [0.29, 0.717) is 13.1 Å². The number of anilines is 1. The van der Waals surface area contributed by atoms with Gasteiger partial charge in [0.05, 0.1) is 30.4 Å². The van der Waals surface area contributed by atoms with Gasteiger partial charge < -0.3 is 19.3 Å². The largest absolute Gasteiger partial charge is 0.465 e. The van der Waals surface area contributed by atoms with Crippen molar-refractivity contribution in [3.63, 3.8) is 0 Å². The SMILES string of the molecule is COC(=O)C1=C(C(=O)OC)N(c2cc(C(=O)N3CCCCC3)cc([N+](=O)[O-])c2)C=CC=C1. The van der Waals surface area contributed by atoms with Crippen molar-refractivity contribution in [3.8, 4) is 0 Å². The summed E-state index contributed by atoms with van der Waals surface area (Å²) in [4.78, 5) is 51.9. The topological polar surface area (TPSA) is 119 Å². The molecule has 10 nitrogen and oxygen atoms in total. The number of non-ortho nitro benzene ring substituents is 1. The normalized spacial score (nSPS) is 15.9. The number of piperidine rings is 1. The number of methoxy groups -OCH3 is 2. The molecular formula is C22H23N3O7. The lowest BCUT2D eigenvalue weighted by Gasteiger charge is -2.27. The molecule has 0 atom stereocenters. The summed E-state index contributed by atoms with van der Waals surface area (Å²) >= 11 is 0. The summed E-state index contributed by atoms with van der Waals surface area (Å²) in [5.41, 5.74) is -0.342. The summed E-state index contributed by atoms with van der Waals surface area (Å²) < 4.78 is 9.63. The smallest absolute Gasteiger partial charge is 0.355 e. The number of rotatable bonds is 5. The van der Waals surface area contributed by atoms with Gasteiger partial charge >= 0.3 is 11.9 Å². The first-order chi connectivity index (χ1) is 15.4. The molecule has 1 amide bonds. The number of allylic oxidation sites excluding steroid dienone is 2. The van der Waals surface area contributed by atoms with Gasteiger partial charge in [0.25, 0.3) is 11.6 Å². The van der Waals surface area contributed by atoms with Crippen LogP contribution in [0, 0.1) is 10.1 Å². The number of nitro benzene ring substituents is 1. The zero-order valence-electron chi connectivity index (χ0n) is 17.8. The number of amides is 1. The van der Waals surface area contributed by atoms with Crippen LogP contribution < -0.4 is 4.90 Å². The summed E-state index contributed by atoms with van der Waals surface area (Å²) in [6, 6.07) is 3.89. The highest BCUT2D eigenvalue weighted by Crippen LogP contribution is 2.31. The maximum absolute atomic E-state index is 13.0. The first-order valence-corrected chi connectivity index (χ1v) is 10.0. The van der Waals surface area contributed by atoms with Crippen molar-refractivity contribution in [3.05, 3.63) is 69.6 Å². The molecule has 3 rings (SSSR count). The lowest BCUT2D eigenvalue weighted by Crippen LogP contribution is -2.35. The standard InChI is InChI=1S/C22H23N3O7/c1-31-21(27)18-8-4-7-11-24(19(18)22(28)32-2)16-12-15(13-17(14-16)25(29)30)20(26)23-9-5-3-6-10-23/h4,7-8,11-14H,3,5-6,9-10H2,1-2H3. The number of hydrogen-bond donors (Lipinski definition) is 0. The third-order valence-electron chi connectivity index (χ3n) is 5.17. The number of nitrogens with zero attached hydrogens (tertiary/aromatic N) is 3. The molecule has 0 spiro atoms. The number of carbonyl (C=O) groups is 3. The molecule has 0 radical (unpaired) electrons. The van der Waals surface area contributed by atoms with E-state index in [4.69, 9.17) is 9.47 Å². The van der Waals surface area contributed by atoms with Crippen molar-refractivity contribution in [1.82, 2.24) is 4.90 Å². The molecule has 1 saturated heterocycles. The van der Waals surface area contributed by atoms with Gasteiger partial charge in [-0.2, -0.15) is 0 Å². The van der Waals surface area contributed by atoms with E-state index in [9.17, 15) is 24.5 Å². The zero-order chi connectivity index (χ0) is 23.3. The van der Waals surface area contributed by atoms with Crippen LogP contribution in [0.3, 0.4) is 0 Å². The molecule has 0 aliphatic carbocycles. The summed E-state index contributed by atoms with van der Waals surface area (Å²) in [6.07, 6.45) is 8.66. The predicted molar refractivity (Wildman–Crippen MR) is 115 cm³/mol. The van der Waals surface area contributed by atoms with E-state index < -0.39 is 16.9 Å². The number of esters is 2. The number of hydrogen-bond acceptors (Lipinski definition) is 8. The van der Waals surface area contributed by atoms with Gasteiger partial charge in [-0.1, -0.05) is 6.08 Å². The fourth-order valence-electron chi connectivity index (χ4n) is 3.61. The van der Waals surface area contributed by atoms with Crippen molar-refractivity contribution in [2.24, 2.45) is 0 Å². The Hall–Kier alpha value is -3.95. The number of likely N-dealkylation sites (tertiary alicyclic amines) is 1. The van der Waals surface area contributed by atoms with Crippen LogP contribution in [-0.2, 0) is 19.1 Å². The minimum atomic E-state index is -0.850. The fourth-order valence-corrected chi connectivity index (χ4v) is 3.61. The molecule has 2 heterocycles. The molecule has 1 fully saturated rings. The van der Waals surface area contributed by atoms with Crippen LogP contribution in [0.4, 0.5) is 11.4 Å². The van der Waals surface area contributed by atoms with Gasteiger partial charge in [0, 0.05) is 37.0 Å². The molecule has 1 aromatic rings. The average molecular weight is 441 g/mol. The molecule has 2 aliphatic heterocycles. The molecule has 32 heavy (non-hydrogen) atoms. The first kappa shape index (κ1) is 22.7. The second kappa shape index (κ2) is 9.90. The Labute approximate surface area is 184 Å². The van der Waals surface area contributed by atoms with E-state index in [-0.39, 0.29) is 34.1 Å². The van der Waals surface area contributed by atoms with E-state index >= 15 is 0 Å². The fraction of sp³-hybridized carbons (Fsp3) is 0.318. The van der Waals surface area contributed by atoms with E-state index in [1.54, 1.807) is 11.0 Å². The van der Waals surface area contributed by atoms with Crippen LogP contribution >= 0.6 is 0 Å². The van der Waals surface area contributed by atoms with Gasteiger partial charge in [0.2, 0.25) is 0 Å². The first-order valence-electron chi connectivity index (χ1n) is 10.0. The molecular weight excluding hydrogens is 418 g/mol. The Morgan fingerprint density at radius 2 is 1.66 bits per heavy atom. The van der Waals surface area contributed by atoms with E-state index in [0.717, 1.165) is 26.4 Å². The minimum Gasteiger partial charge on any atom is -0.465 e. The quantitative estimate of drug-likeness (QED) is 0.389. The van der Waals surface area contributed by atoms with E-state index in [1.165, 1.54) is 48.6 Å². The van der Waals surface area contributed by atoms with E-state index in [1.807, 2.05) is 0 Å². The van der Waals surface area contributed by atoms with Crippen LogP contribution in [0.1, 0.15) is 29.6 Å². The monoisotopic (exact) mass is 441 g/mol.